The van der Waals surface area contributed by atoms with Crippen LogP contribution in [0.25, 0.3) is 0 Å². The van der Waals surface area contributed by atoms with E-state index in [0.717, 1.165) is 18.1 Å². The molecule has 2 heterocycles. The molecule has 1 spiro atoms. The van der Waals surface area contributed by atoms with Gasteiger partial charge >= 0.3 is 0 Å². The lowest BCUT2D eigenvalue weighted by atomic mass is 9.80. The third kappa shape index (κ3) is 2.66. The Morgan fingerprint density at radius 2 is 2.20 bits per heavy atom. The maximum Gasteiger partial charge on any atom is 0.0686 e. The summed E-state index contributed by atoms with van der Waals surface area (Å²) in [6.07, 6.45) is 7.48. The monoisotopic (exact) mass is 313 g/mol. The van der Waals surface area contributed by atoms with Crippen molar-refractivity contribution in [2.45, 2.75) is 57.1 Å². The molecule has 0 radical (unpaired) electrons. The van der Waals surface area contributed by atoms with Gasteiger partial charge in [-0.3, -0.25) is 0 Å². The molecule has 0 bridgehead atoms. The number of hydrogen-bond acceptors (Lipinski definition) is 3. The van der Waals surface area contributed by atoms with Crippen molar-refractivity contribution in [2.24, 2.45) is 5.92 Å². The second kappa shape index (κ2) is 5.96. The SMILES string of the molecule is CNC(c1scc(C)c1Cl)C1CCOC2(CCCC2)C1. The number of aryl methyl sites for hydroxylation is 1. The third-order valence-electron chi connectivity index (χ3n) is 5.04. The summed E-state index contributed by atoms with van der Waals surface area (Å²) in [5.41, 5.74) is 1.38. The number of hydrogen-bond donors (Lipinski definition) is 1. The van der Waals surface area contributed by atoms with Gasteiger partial charge in [-0.1, -0.05) is 24.4 Å². The van der Waals surface area contributed by atoms with Crippen LogP contribution in [0.5, 0.6) is 0 Å². The van der Waals surface area contributed by atoms with Crippen molar-refractivity contribution in [2.75, 3.05) is 13.7 Å². The highest BCUT2D eigenvalue weighted by Gasteiger charge is 2.42. The molecule has 1 aliphatic carbocycles. The second-order valence-electron chi connectivity index (χ2n) is 6.35. The van der Waals surface area contributed by atoms with E-state index >= 15 is 0 Å². The van der Waals surface area contributed by atoms with Gasteiger partial charge in [0, 0.05) is 17.5 Å². The number of rotatable bonds is 3. The van der Waals surface area contributed by atoms with Gasteiger partial charge in [-0.2, -0.15) is 0 Å². The van der Waals surface area contributed by atoms with E-state index in [-0.39, 0.29) is 5.60 Å². The first kappa shape index (κ1) is 14.8. The molecule has 1 N–H and O–H groups in total. The zero-order chi connectivity index (χ0) is 14.2. The normalized spacial score (nSPS) is 27.1. The Hall–Kier alpha value is -0.0900. The number of ether oxygens (including phenoxy) is 1. The molecule has 0 amide bonds. The largest absolute Gasteiger partial charge is 0.375 e. The maximum atomic E-state index is 6.49. The topological polar surface area (TPSA) is 21.3 Å². The molecule has 112 valence electrons. The predicted molar refractivity (Wildman–Crippen MR) is 85.7 cm³/mol. The molecule has 3 rings (SSSR count). The van der Waals surface area contributed by atoms with E-state index in [0.29, 0.717) is 12.0 Å². The highest BCUT2D eigenvalue weighted by molar-refractivity contribution is 7.10. The van der Waals surface area contributed by atoms with Crippen LogP contribution in [0.1, 0.15) is 55.0 Å². The van der Waals surface area contributed by atoms with Crippen LogP contribution in [0.2, 0.25) is 5.02 Å². The number of halogens is 1. The lowest BCUT2D eigenvalue weighted by molar-refractivity contribution is -0.0977. The molecular weight excluding hydrogens is 290 g/mol. The predicted octanol–water partition coefficient (Wildman–Crippen LogP) is 4.71. The summed E-state index contributed by atoms with van der Waals surface area (Å²) in [4.78, 5) is 1.31. The first-order valence-electron chi connectivity index (χ1n) is 7.70. The van der Waals surface area contributed by atoms with Crippen LogP contribution in [0.3, 0.4) is 0 Å². The lowest BCUT2D eigenvalue weighted by Crippen LogP contribution is -2.41. The fraction of sp³-hybridized carbons (Fsp3) is 0.750. The van der Waals surface area contributed by atoms with Crippen LogP contribution < -0.4 is 5.32 Å². The van der Waals surface area contributed by atoms with Gasteiger partial charge < -0.3 is 10.1 Å². The standard InChI is InChI=1S/C16H24ClNOS/c1-11-10-20-15(13(11)17)14(18-2)12-5-8-19-16(9-12)6-3-4-7-16/h10,12,14,18H,3-9H2,1-2H3. The van der Waals surface area contributed by atoms with Gasteiger partial charge in [0.25, 0.3) is 0 Å². The lowest BCUT2D eigenvalue weighted by Gasteiger charge is -2.41. The molecule has 2 aliphatic rings. The molecule has 20 heavy (non-hydrogen) atoms. The Kier molecular flexibility index (Phi) is 4.42. The van der Waals surface area contributed by atoms with Crippen LogP contribution in [0.4, 0.5) is 0 Å². The molecule has 0 aromatic carbocycles. The molecule has 2 fully saturated rings. The molecule has 2 atom stereocenters. The molecule has 4 heteroatoms. The van der Waals surface area contributed by atoms with Crippen molar-refractivity contribution in [3.05, 3.63) is 20.8 Å². The van der Waals surface area contributed by atoms with Crippen LogP contribution in [0, 0.1) is 12.8 Å². The first-order chi connectivity index (χ1) is 9.65. The average molecular weight is 314 g/mol. The molecule has 2 nitrogen and oxygen atoms in total. The molecule has 1 aliphatic heterocycles. The van der Waals surface area contributed by atoms with Crippen molar-refractivity contribution in [1.82, 2.24) is 5.32 Å². The Balaban J connectivity index is 1.80. The van der Waals surface area contributed by atoms with Crippen LogP contribution in [-0.4, -0.2) is 19.3 Å². The van der Waals surface area contributed by atoms with Crippen LogP contribution >= 0.6 is 22.9 Å². The van der Waals surface area contributed by atoms with E-state index in [2.05, 4.69) is 24.7 Å². The third-order valence-corrected chi connectivity index (χ3v) is 6.83. The smallest absolute Gasteiger partial charge is 0.0686 e. The Bertz CT molecular complexity index is 467. The molecule has 1 saturated carbocycles. The van der Waals surface area contributed by atoms with Crippen molar-refractivity contribution in [1.29, 1.82) is 0 Å². The fourth-order valence-electron chi connectivity index (χ4n) is 3.96. The Morgan fingerprint density at radius 1 is 1.45 bits per heavy atom. The maximum absolute atomic E-state index is 6.49. The average Bonchev–Trinajstić information content (AvgIpc) is 3.02. The summed E-state index contributed by atoms with van der Waals surface area (Å²) >= 11 is 8.29. The minimum Gasteiger partial charge on any atom is -0.375 e. The van der Waals surface area contributed by atoms with Crippen LogP contribution in [0.15, 0.2) is 5.38 Å². The summed E-state index contributed by atoms with van der Waals surface area (Å²) in [5.74, 6) is 0.641. The molecule has 1 aromatic heterocycles. The van der Waals surface area contributed by atoms with Gasteiger partial charge in [0.1, 0.15) is 0 Å². The van der Waals surface area contributed by atoms with Gasteiger partial charge in [0.05, 0.1) is 10.6 Å². The van der Waals surface area contributed by atoms with Gasteiger partial charge in [-0.15, -0.1) is 11.3 Å². The van der Waals surface area contributed by atoms with E-state index in [1.807, 2.05) is 0 Å². The summed E-state index contributed by atoms with van der Waals surface area (Å²) in [6, 6.07) is 0.377. The first-order valence-corrected chi connectivity index (χ1v) is 8.96. The van der Waals surface area contributed by atoms with Crippen molar-refractivity contribution >= 4 is 22.9 Å². The van der Waals surface area contributed by atoms with E-state index in [1.165, 1.54) is 42.5 Å². The van der Waals surface area contributed by atoms with Crippen molar-refractivity contribution in [3.8, 4) is 0 Å². The summed E-state index contributed by atoms with van der Waals surface area (Å²) in [5, 5.41) is 6.65. The number of thiophene rings is 1. The quantitative estimate of drug-likeness (QED) is 0.872. The van der Waals surface area contributed by atoms with Gasteiger partial charge in [0.2, 0.25) is 0 Å². The zero-order valence-electron chi connectivity index (χ0n) is 12.4. The minimum atomic E-state index is 0.177. The highest BCUT2D eigenvalue weighted by atomic mass is 35.5. The summed E-state index contributed by atoms with van der Waals surface area (Å²) < 4.78 is 6.17. The molecule has 1 aromatic rings. The van der Waals surface area contributed by atoms with Gasteiger partial charge in [0.15, 0.2) is 0 Å². The number of nitrogens with one attached hydrogen (secondary N) is 1. The summed E-state index contributed by atoms with van der Waals surface area (Å²) in [7, 11) is 2.06. The van der Waals surface area contributed by atoms with Crippen molar-refractivity contribution in [3.63, 3.8) is 0 Å². The van der Waals surface area contributed by atoms with Gasteiger partial charge in [-0.25, -0.2) is 0 Å². The second-order valence-corrected chi connectivity index (χ2v) is 7.64. The van der Waals surface area contributed by atoms with E-state index < -0.39 is 0 Å². The molecule has 1 saturated heterocycles. The van der Waals surface area contributed by atoms with E-state index in [9.17, 15) is 0 Å². The minimum absolute atomic E-state index is 0.177. The zero-order valence-corrected chi connectivity index (χ0v) is 13.9. The van der Waals surface area contributed by atoms with Crippen LogP contribution in [-0.2, 0) is 4.74 Å². The van der Waals surface area contributed by atoms with E-state index in [4.69, 9.17) is 16.3 Å². The van der Waals surface area contributed by atoms with Crippen molar-refractivity contribution < 1.29 is 4.74 Å². The summed E-state index contributed by atoms with van der Waals surface area (Å²) in [6.45, 7) is 3.00. The Morgan fingerprint density at radius 3 is 2.80 bits per heavy atom. The van der Waals surface area contributed by atoms with Gasteiger partial charge in [-0.05, 0) is 56.5 Å². The molecule has 2 unspecified atom stereocenters. The Labute approximate surface area is 130 Å². The highest BCUT2D eigenvalue weighted by Crippen LogP contribution is 2.47. The van der Waals surface area contributed by atoms with E-state index in [1.54, 1.807) is 11.3 Å². The molecular formula is C16H24ClNOS. The fourth-order valence-corrected chi connectivity index (χ4v) is 5.47.